The molecule has 0 bridgehead atoms. The molecule has 6 heteroatoms. The van der Waals surface area contributed by atoms with E-state index < -0.39 is 0 Å². The van der Waals surface area contributed by atoms with Crippen LogP contribution in [0.25, 0.3) is 22.7 Å². The average molecular weight is 268 g/mol. The minimum Gasteiger partial charge on any atom is -0.460 e. The van der Waals surface area contributed by atoms with E-state index in [0.717, 1.165) is 5.76 Å². The molecule has 0 saturated heterocycles. The van der Waals surface area contributed by atoms with Crippen LogP contribution in [0.5, 0.6) is 0 Å². The number of nitrogens with one attached hydrogen (secondary N) is 1. The molecule has 3 aromatic heterocycles. The maximum atomic E-state index is 11.4. The quantitative estimate of drug-likeness (QED) is 0.740. The van der Waals surface area contributed by atoms with Crippen molar-refractivity contribution in [1.82, 2.24) is 15.0 Å². The van der Waals surface area contributed by atoms with Crippen LogP contribution in [0.4, 0.5) is 5.95 Å². The third-order valence-electron chi connectivity index (χ3n) is 2.81. The first-order chi connectivity index (χ1) is 9.61. The molecule has 0 aliphatic heterocycles. The van der Waals surface area contributed by atoms with E-state index in [4.69, 9.17) is 10.2 Å². The Labute approximate surface area is 114 Å². The van der Waals surface area contributed by atoms with Crippen molar-refractivity contribution in [3.8, 4) is 22.7 Å². The largest absolute Gasteiger partial charge is 0.460 e. The Morgan fingerprint density at radius 2 is 1.95 bits per heavy atom. The van der Waals surface area contributed by atoms with E-state index >= 15 is 0 Å². The Bertz CT molecular complexity index is 820. The third-order valence-corrected chi connectivity index (χ3v) is 2.81. The number of hydrogen-bond donors (Lipinski definition) is 2. The van der Waals surface area contributed by atoms with Gasteiger partial charge in [0.1, 0.15) is 11.5 Å². The first kappa shape index (κ1) is 12.2. The van der Waals surface area contributed by atoms with Crippen molar-refractivity contribution in [2.24, 2.45) is 0 Å². The highest BCUT2D eigenvalue weighted by Crippen LogP contribution is 2.25. The molecule has 3 rings (SSSR count). The van der Waals surface area contributed by atoms with Crippen LogP contribution in [0, 0.1) is 6.92 Å². The molecule has 0 aliphatic carbocycles. The summed E-state index contributed by atoms with van der Waals surface area (Å²) in [6, 6.07) is 8.61. The first-order valence-corrected chi connectivity index (χ1v) is 6.02. The summed E-state index contributed by atoms with van der Waals surface area (Å²) >= 11 is 0. The maximum Gasteiger partial charge on any atom is 0.248 e. The van der Waals surface area contributed by atoms with Gasteiger partial charge in [0.25, 0.3) is 0 Å². The van der Waals surface area contributed by atoms with Gasteiger partial charge in [0, 0.05) is 17.8 Å². The Morgan fingerprint density at radius 3 is 2.65 bits per heavy atom. The number of aryl methyl sites for hydroxylation is 1. The van der Waals surface area contributed by atoms with Gasteiger partial charge in [0.15, 0.2) is 5.76 Å². The third kappa shape index (κ3) is 2.31. The number of nitrogen functional groups attached to an aromatic ring is 1. The molecule has 0 fully saturated rings. The van der Waals surface area contributed by atoms with E-state index in [0.29, 0.717) is 22.7 Å². The lowest BCUT2D eigenvalue weighted by atomic mass is 10.1. The Hall–Kier alpha value is -2.89. The van der Waals surface area contributed by atoms with Gasteiger partial charge in [-0.1, -0.05) is 0 Å². The number of aromatic amines is 1. The fourth-order valence-electron chi connectivity index (χ4n) is 1.92. The summed E-state index contributed by atoms with van der Waals surface area (Å²) in [5, 5.41) is 0. The van der Waals surface area contributed by atoms with Gasteiger partial charge in [-0.2, -0.15) is 0 Å². The molecule has 6 nitrogen and oxygen atoms in total. The lowest BCUT2D eigenvalue weighted by Gasteiger charge is -2.04. The van der Waals surface area contributed by atoms with Gasteiger partial charge in [0.05, 0.1) is 5.69 Å². The summed E-state index contributed by atoms with van der Waals surface area (Å²) < 4.78 is 5.53. The summed E-state index contributed by atoms with van der Waals surface area (Å²) in [5.41, 5.74) is 7.36. The van der Waals surface area contributed by atoms with Gasteiger partial charge < -0.3 is 15.1 Å². The van der Waals surface area contributed by atoms with E-state index in [9.17, 15) is 4.79 Å². The van der Waals surface area contributed by atoms with Crippen molar-refractivity contribution in [2.75, 3.05) is 5.73 Å². The van der Waals surface area contributed by atoms with E-state index in [1.165, 1.54) is 6.07 Å². The van der Waals surface area contributed by atoms with E-state index in [1.54, 1.807) is 18.3 Å². The van der Waals surface area contributed by atoms with Gasteiger partial charge >= 0.3 is 0 Å². The monoisotopic (exact) mass is 268 g/mol. The zero-order chi connectivity index (χ0) is 14.1. The van der Waals surface area contributed by atoms with Crippen molar-refractivity contribution in [2.45, 2.75) is 6.92 Å². The summed E-state index contributed by atoms with van der Waals surface area (Å²) in [5.74, 6) is 1.53. The van der Waals surface area contributed by atoms with E-state index in [2.05, 4.69) is 15.0 Å². The van der Waals surface area contributed by atoms with Gasteiger partial charge in [-0.05, 0) is 31.2 Å². The van der Waals surface area contributed by atoms with Crippen LogP contribution < -0.4 is 11.3 Å². The van der Waals surface area contributed by atoms with Gasteiger partial charge in [0.2, 0.25) is 11.5 Å². The number of pyridine rings is 1. The van der Waals surface area contributed by atoms with Crippen LogP contribution in [0.3, 0.4) is 0 Å². The van der Waals surface area contributed by atoms with Crippen LogP contribution in [0.2, 0.25) is 0 Å². The molecule has 20 heavy (non-hydrogen) atoms. The molecule has 100 valence electrons. The number of nitrogens with two attached hydrogens (primary N) is 1. The highest BCUT2D eigenvalue weighted by atomic mass is 16.3. The highest BCUT2D eigenvalue weighted by Gasteiger charge is 2.10. The minimum absolute atomic E-state index is 0.131. The molecule has 3 heterocycles. The fourth-order valence-corrected chi connectivity index (χ4v) is 1.92. The second kappa shape index (κ2) is 4.65. The second-order valence-electron chi connectivity index (χ2n) is 4.35. The van der Waals surface area contributed by atoms with E-state index in [-0.39, 0.29) is 11.5 Å². The van der Waals surface area contributed by atoms with Crippen LogP contribution in [0.1, 0.15) is 5.76 Å². The molecular weight excluding hydrogens is 256 g/mol. The molecule has 0 radical (unpaired) electrons. The molecule has 0 unspecified atom stereocenters. The lowest BCUT2D eigenvalue weighted by molar-refractivity contribution is 0.546. The molecule has 0 spiro atoms. The molecule has 0 aromatic carbocycles. The van der Waals surface area contributed by atoms with Crippen LogP contribution >= 0.6 is 0 Å². The zero-order valence-corrected chi connectivity index (χ0v) is 10.8. The molecule has 0 aliphatic rings. The fraction of sp³-hybridized carbons (Fsp3) is 0.0714. The molecule has 3 N–H and O–H groups in total. The first-order valence-electron chi connectivity index (χ1n) is 6.02. The normalized spacial score (nSPS) is 10.7. The number of furan rings is 1. The Kier molecular flexibility index (Phi) is 2.83. The van der Waals surface area contributed by atoms with Crippen molar-refractivity contribution >= 4 is 5.95 Å². The number of H-pyrrole nitrogens is 1. The van der Waals surface area contributed by atoms with Gasteiger partial charge in [-0.3, -0.25) is 4.79 Å². The number of hydrogen-bond acceptors (Lipinski definition) is 5. The van der Waals surface area contributed by atoms with Crippen molar-refractivity contribution < 1.29 is 4.42 Å². The Balaban J connectivity index is 2.14. The molecule has 3 aromatic rings. The van der Waals surface area contributed by atoms with Crippen molar-refractivity contribution in [3.63, 3.8) is 0 Å². The van der Waals surface area contributed by atoms with Gasteiger partial charge in [-0.25, -0.2) is 9.97 Å². The molecular formula is C14H12N4O2. The average Bonchev–Trinajstić information content (AvgIpc) is 2.85. The van der Waals surface area contributed by atoms with Crippen molar-refractivity contribution in [3.05, 3.63) is 52.6 Å². The Morgan fingerprint density at radius 1 is 1.15 bits per heavy atom. The molecule has 0 atom stereocenters. The second-order valence-corrected chi connectivity index (χ2v) is 4.35. The zero-order valence-electron chi connectivity index (χ0n) is 10.8. The van der Waals surface area contributed by atoms with Crippen LogP contribution in [-0.2, 0) is 0 Å². The summed E-state index contributed by atoms with van der Waals surface area (Å²) in [6.07, 6.45) is 1.56. The predicted octanol–water partition coefficient (Wildman–Crippen LogP) is 1.98. The highest BCUT2D eigenvalue weighted by molar-refractivity contribution is 5.66. The summed E-state index contributed by atoms with van der Waals surface area (Å²) in [6.45, 7) is 1.85. The predicted molar refractivity (Wildman–Crippen MR) is 74.9 cm³/mol. The van der Waals surface area contributed by atoms with Gasteiger partial charge in [-0.15, -0.1) is 0 Å². The topological polar surface area (TPSA) is 97.8 Å². The smallest absolute Gasteiger partial charge is 0.248 e. The standard InChI is InChI=1S/C14H12N4O2/c1-8-2-3-12(20-8)11-7-10(17-14(15)18-11)9-4-5-16-13(19)6-9/h2-7H,1H3,(H,16,19)(H2,15,17,18). The lowest BCUT2D eigenvalue weighted by Crippen LogP contribution is -2.04. The number of aromatic nitrogens is 3. The van der Waals surface area contributed by atoms with E-state index in [1.807, 2.05) is 19.1 Å². The number of anilines is 1. The van der Waals surface area contributed by atoms with Crippen molar-refractivity contribution in [1.29, 1.82) is 0 Å². The van der Waals surface area contributed by atoms with Crippen LogP contribution in [-0.4, -0.2) is 15.0 Å². The number of rotatable bonds is 2. The number of nitrogens with zero attached hydrogens (tertiary/aromatic N) is 2. The molecule has 0 saturated carbocycles. The summed E-state index contributed by atoms with van der Waals surface area (Å²) in [4.78, 5) is 22.2. The maximum absolute atomic E-state index is 11.4. The summed E-state index contributed by atoms with van der Waals surface area (Å²) in [7, 11) is 0. The van der Waals surface area contributed by atoms with Crippen LogP contribution in [0.15, 0.2) is 45.7 Å². The minimum atomic E-state index is -0.199. The SMILES string of the molecule is Cc1ccc(-c2cc(-c3cc[nH]c(=O)c3)nc(N)n2)o1. The molecule has 0 amide bonds.